The quantitative estimate of drug-likeness (QED) is 0.780. The van der Waals surface area contributed by atoms with Gasteiger partial charge in [-0.05, 0) is 54.9 Å². The van der Waals surface area contributed by atoms with E-state index >= 15 is 0 Å². The molecule has 0 amide bonds. The Morgan fingerprint density at radius 3 is 2.47 bits per heavy atom. The Labute approximate surface area is 113 Å². The summed E-state index contributed by atoms with van der Waals surface area (Å²) in [6.45, 7) is 6.20. The van der Waals surface area contributed by atoms with Crippen LogP contribution in [0, 0.1) is 17.0 Å². The molecule has 1 aromatic rings. The molecular formula is C16H20F2O. The fraction of sp³-hybridized carbons (Fsp3) is 0.500. The first-order chi connectivity index (χ1) is 8.83. The summed E-state index contributed by atoms with van der Waals surface area (Å²) in [6.07, 6.45) is 2.21. The third kappa shape index (κ3) is 2.71. The van der Waals surface area contributed by atoms with Gasteiger partial charge in [-0.2, -0.15) is 0 Å². The highest BCUT2D eigenvalue weighted by Crippen LogP contribution is 2.46. The molecular weight excluding hydrogens is 246 g/mol. The van der Waals surface area contributed by atoms with Crippen LogP contribution in [0.5, 0.6) is 0 Å². The van der Waals surface area contributed by atoms with Crippen molar-refractivity contribution in [2.75, 3.05) is 0 Å². The molecule has 1 nitrogen and oxygen atoms in total. The summed E-state index contributed by atoms with van der Waals surface area (Å²) in [4.78, 5) is 0. The monoisotopic (exact) mass is 266 g/mol. The van der Waals surface area contributed by atoms with Crippen LogP contribution in [-0.2, 0) is 0 Å². The molecule has 0 saturated carbocycles. The Balaban J connectivity index is 2.42. The first kappa shape index (κ1) is 14.2. The van der Waals surface area contributed by atoms with E-state index in [0.717, 1.165) is 42.5 Å². The molecule has 0 fully saturated rings. The Hall–Kier alpha value is -1.22. The SMILES string of the molecule is CC1=C(C(O)c2ccc(F)c(F)c2)C(C)(C)CCC1. The third-order valence-corrected chi connectivity index (χ3v) is 4.08. The predicted octanol–water partition coefficient (Wildman–Crippen LogP) is 4.52. The first-order valence-corrected chi connectivity index (χ1v) is 6.66. The molecule has 0 aromatic heterocycles. The van der Waals surface area contributed by atoms with E-state index in [1.807, 2.05) is 6.92 Å². The van der Waals surface area contributed by atoms with Gasteiger partial charge in [0.15, 0.2) is 11.6 Å². The number of allylic oxidation sites excluding steroid dienone is 1. The van der Waals surface area contributed by atoms with Crippen LogP contribution in [0.2, 0.25) is 0 Å². The number of hydrogen-bond acceptors (Lipinski definition) is 1. The van der Waals surface area contributed by atoms with Crippen molar-refractivity contribution in [1.82, 2.24) is 0 Å². The number of hydrogen-bond donors (Lipinski definition) is 1. The second-order valence-corrected chi connectivity index (χ2v) is 6.01. The standard InChI is InChI=1S/C16H20F2O/c1-10-5-4-8-16(2,3)14(10)15(19)11-6-7-12(17)13(18)9-11/h6-7,9,15,19H,4-5,8H2,1-3H3. The van der Waals surface area contributed by atoms with Crippen LogP contribution in [0.4, 0.5) is 8.78 Å². The van der Waals surface area contributed by atoms with Crippen LogP contribution in [0.15, 0.2) is 29.3 Å². The maximum Gasteiger partial charge on any atom is 0.159 e. The van der Waals surface area contributed by atoms with E-state index in [0.29, 0.717) is 5.56 Å². The molecule has 19 heavy (non-hydrogen) atoms. The highest BCUT2D eigenvalue weighted by Gasteiger charge is 2.33. The van der Waals surface area contributed by atoms with Gasteiger partial charge in [0.25, 0.3) is 0 Å². The third-order valence-electron chi connectivity index (χ3n) is 4.08. The lowest BCUT2D eigenvalue weighted by molar-refractivity contribution is 0.170. The van der Waals surface area contributed by atoms with Crippen molar-refractivity contribution in [3.05, 3.63) is 46.5 Å². The Bertz CT molecular complexity index is 517. The van der Waals surface area contributed by atoms with E-state index in [9.17, 15) is 13.9 Å². The molecule has 0 bridgehead atoms. The Morgan fingerprint density at radius 2 is 1.89 bits per heavy atom. The van der Waals surface area contributed by atoms with Crippen LogP contribution in [0.1, 0.15) is 51.7 Å². The van der Waals surface area contributed by atoms with Crippen LogP contribution in [0.3, 0.4) is 0 Å². The second kappa shape index (κ2) is 5.04. The fourth-order valence-electron chi connectivity index (χ4n) is 3.10. The van der Waals surface area contributed by atoms with Gasteiger partial charge in [0.2, 0.25) is 0 Å². The van der Waals surface area contributed by atoms with Gasteiger partial charge in [-0.3, -0.25) is 0 Å². The summed E-state index contributed by atoms with van der Waals surface area (Å²) in [5.74, 6) is -1.80. The van der Waals surface area contributed by atoms with Gasteiger partial charge in [-0.25, -0.2) is 8.78 Å². The van der Waals surface area contributed by atoms with Crippen molar-refractivity contribution in [2.24, 2.45) is 5.41 Å². The normalized spacial score (nSPS) is 20.5. The molecule has 1 N–H and O–H groups in total. The Morgan fingerprint density at radius 1 is 1.21 bits per heavy atom. The zero-order valence-corrected chi connectivity index (χ0v) is 11.6. The lowest BCUT2D eigenvalue weighted by atomic mass is 9.69. The van der Waals surface area contributed by atoms with Gasteiger partial charge in [0.05, 0.1) is 0 Å². The smallest absolute Gasteiger partial charge is 0.159 e. The fourth-order valence-corrected chi connectivity index (χ4v) is 3.10. The van der Waals surface area contributed by atoms with Gasteiger partial charge in [-0.15, -0.1) is 0 Å². The van der Waals surface area contributed by atoms with Crippen molar-refractivity contribution in [2.45, 2.75) is 46.1 Å². The largest absolute Gasteiger partial charge is 0.384 e. The van der Waals surface area contributed by atoms with Gasteiger partial charge >= 0.3 is 0 Å². The van der Waals surface area contributed by atoms with Crippen LogP contribution < -0.4 is 0 Å². The number of aliphatic hydroxyl groups excluding tert-OH is 1. The molecule has 1 aliphatic carbocycles. The number of rotatable bonds is 2. The van der Waals surface area contributed by atoms with Crippen LogP contribution in [-0.4, -0.2) is 5.11 Å². The predicted molar refractivity (Wildman–Crippen MR) is 71.6 cm³/mol. The minimum absolute atomic E-state index is 0.105. The van der Waals surface area contributed by atoms with E-state index in [4.69, 9.17) is 0 Å². The van der Waals surface area contributed by atoms with Gasteiger partial charge < -0.3 is 5.11 Å². The molecule has 1 atom stereocenters. The van der Waals surface area contributed by atoms with Gasteiger partial charge in [0, 0.05) is 0 Å². The van der Waals surface area contributed by atoms with Gasteiger partial charge in [0.1, 0.15) is 6.10 Å². The summed E-state index contributed by atoms with van der Waals surface area (Å²) in [6, 6.07) is 3.61. The summed E-state index contributed by atoms with van der Waals surface area (Å²) in [7, 11) is 0. The molecule has 1 unspecified atom stereocenters. The molecule has 0 spiro atoms. The summed E-state index contributed by atoms with van der Waals surface area (Å²) in [5.41, 5.74) is 2.42. The lowest BCUT2D eigenvalue weighted by Crippen LogP contribution is -2.25. The first-order valence-electron chi connectivity index (χ1n) is 6.66. The van der Waals surface area contributed by atoms with E-state index < -0.39 is 17.7 Å². The Kier molecular flexibility index (Phi) is 3.77. The van der Waals surface area contributed by atoms with Crippen molar-refractivity contribution in [3.8, 4) is 0 Å². The molecule has 0 heterocycles. The zero-order valence-electron chi connectivity index (χ0n) is 11.6. The van der Waals surface area contributed by atoms with Crippen molar-refractivity contribution < 1.29 is 13.9 Å². The van der Waals surface area contributed by atoms with E-state index in [1.54, 1.807) is 0 Å². The number of benzene rings is 1. The van der Waals surface area contributed by atoms with E-state index in [1.165, 1.54) is 6.07 Å². The molecule has 0 saturated heterocycles. The van der Waals surface area contributed by atoms with E-state index in [-0.39, 0.29) is 5.41 Å². The average molecular weight is 266 g/mol. The summed E-state index contributed by atoms with van der Waals surface area (Å²) in [5, 5.41) is 10.5. The lowest BCUT2D eigenvalue weighted by Gasteiger charge is -2.37. The number of halogens is 2. The van der Waals surface area contributed by atoms with Crippen LogP contribution >= 0.6 is 0 Å². The summed E-state index contributed by atoms with van der Waals surface area (Å²) < 4.78 is 26.3. The molecule has 104 valence electrons. The average Bonchev–Trinajstić information content (AvgIpc) is 2.31. The highest BCUT2D eigenvalue weighted by molar-refractivity contribution is 5.34. The minimum Gasteiger partial charge on any atom is -0.384 e. The van der Waals surface area contributed by atoms with Crippen LogP contribution in [0.25, 0.3) is 0 Å². The summed E-state index contributed by atoms with van der Waals surface area (Å²) >= 11 is 0. The molecule has 3 heteroatoms. The second-order valence-electron chi connectivity index (χ2n) is 6.01. The van der Waals surface area contributed by atoms with Crippen molar-refractivity contribution >= 4 is 0 Å². The molecule has 1 aromatic carbocycles. The topological polar surface area (TPSA) is 20.2 Å². The molecule has 1 aliphatic rings. The molecule has 0 aliphatic heterocycles. The van der Waals surface area contributed by atoms with Crippen molar-refractivity contribution in [1.29, 1.82) is 0 Å². The maximum absolute atomic E-state index is 13.3. The maximum atomic E-state index is 13.3. The molecule has 0 radical (unpaired) electrons. The minimum atomic E-state index is -0.914. The van der Waals surface area contributed by atoms with Crippen molar-refractivity contribution in [3.63, 3.8) is 0 Å². The highest BCUT2D eigenvalue weighted by atomic mass is 19.2. The van der Waals surface area contributed by atoms with E-state index in [2.05, 4.69) is 13.8 Å². The molecule has 2 rings (SSSR count). The zero-order chi connectivity index (χ0) is 14.2. The number of aliphatic hydroxyl groups is 1. The van der Waals surface area contributed by atoms with Gasteiger partial charge in [-0.1, -0.05) is 25.5 Å².